The van der Waals surface area contributed by atoms with Crippen molar-refractivity contribution in [1.82, 2.24) is 10.3 Å². The van der Waals surface area contributed by atoms with Gasteiger partial charge in [0, 0.05) is 34.6 Å². The van der Waals surface area contributed by atoms with Crippen LogP contribution in [0.1, 0.15) is 38.3 Å². The number of rotatable bonds is 3. The van der Waals surface area contributed by atoms with Gasteiger partial charge in [0.25, 0.3) is 0 Å². The Morgan fingerprint density at radius 2 is 2.16 bits per heavy atom. The smallest absolute Gasteiger partial charge is 0.230 e. The number of amides is 2. The minimum Gasteiger partial charge on any atom is -0.296 e. The van der Waals surface area contributed by atoms with Crippen molar-refractivity contribution in [3.8, 4) is 0 Å². The predicted molar refractivity (Wildman–Crippen MR) is 75.4 cm³/mol. The van der Waals surface area contributed by atoms with Crippen LogP contribution in [0.5, 0.6) is 0 Å². The Balaban J connectivity index is 2.29. The summed E-state index contributed by atoms with van der Waals surface area (Å²) in [6.07, 6.45) is 2.80. The molecule has 1 saturated heterocycles. The van der Waals surface area contributed by atoms with E-state index < -0.39 is 0 Å². The van der Waals surface area contributed by atoms with Crippen molar-refractivity contribution in [2.45, 2.75) is 32.6 Å². The molecule has 1 aromatic rings. The topological polar surface area (TPSA) is 59.1 Å². The van der Waals surface area contributed by atoms with Crippen molar-refractivity contribution in [2.24, 2.45) is 11.8 Å². The molecule has 2 amide bonds. The first-order valence-corrected chi connectivity index (χ1v) is 7.22. The van der Waals surface area contributed by atoms with Gasteiger partial charge in [-0.25, -0.2) is 0 Å². The van der Waals surface area contributed by atoms with Crippen molar-refractivity contribution in [3.63, 3.8) is 0 Å². The van der Waals surface area contributed by atoms with Crippen LogP contribution >= 0.6 is 15.9 Å². The van der Waals surface area contributed by atoms with Crippen molar-refractivity contribution in [1.29, 1.82) is 0 Å². The molecule has 4 nitrogen and oxygen atoms in total. The van der Waals surface area contributed by atoms with Gasteiger partial charge < -0.3 is 0 Å². The summed E-state index contributed by atoms with van der Waals surface area (Å²) in [5.41, 5.74) is 0.817. The Morgan fingerprint density at radius 1 is 1.42 bits per heavy atom. The summed E-state index contributed by atoms with van der Waals surface area (Å²) in [7, 11) is 0. The van der Waals surface area contributed by atoms with E-state index >= 15 is 0 Å². The number of hydrogen-bond acceptors (Lipinski definition) is 3. The maximum absolute atomic E-state index is 12.0. The molecule has 2 atom stereocenters. The zero-order chi connectivity index (χ0) is 14.0. The van der Waals surface area contributed by atoms with Crippen molar-refractivity contribution in [2.75, 3.05) is 0 Å². The Hall–Kier alpha value is -1.23. The Kier molecular flexibility index (Phi) is 4.34. The first kappa shape index (κ1) is 14.2. The Bertz CT molecular complexity index is 485. The molecule has 19 heavy (non-hydrogen) atoms. The van der Waals surface area contributed by atoms with Crippen LogP contribution in [0.25, 0.3) is 0 Å². The van der Waals surface area contributed by atoms with E-state index in [1.165, 1.54) is 0 Å². The summed E-state index contributed by atoms with van der Waals surface area (Å²) in [6, 6.07) is 3.78. The fourth-order valence-electron chi connectivity index (χ4n) is 2.50. The molecule has 5 heteroatoms. The predicted octanol–water partition coefficient (Wildman–Crippen LogP) is 2.64. The summed E-state index contributed by atoms with van der Waals surface area (Å²) in [6.45, 7) is 4.16. The Labute approximate surface area is 121 Å². The third-order valence-electron chi connectivity index (χ3n) is 3.35. The number of carbonyl (C=O) groups excluding carboxylic acids is 2. The van der Waals surface area contributed by atoms with Gasteiger partial charge in [0.1, 0.15) is 0 Å². The molecule has 1 fully saturated rings. The maximum atomic E-state index is 12.0. The lowest BCUT2D eigenvalue weighted by Gasteiger charge is -2.30. The number of nitrogens with one attached hydrogen (secondary N) is 1. The van der Waals surface area contributed by atoms with E-state index in [1.54, 1.807) is 6.20 Å². The van der Waals surface area contributed by atoms with Crippen LogP contribution < -0.4 is 5.32 Å². The van der Waals surface area contributed by atoms with Gasteiger partial charge in [0.05, 0.1) is 0 Å². The molecule has 0 aliphatic carbocycles. The molecule has 2 rings (SSSR count). The average Bonchev–Trinajstić information content (AvgIpc) is 2.33. The van der Waals surface area contributed by atoms with E-state index in [9.17, 15) is 9.59 Å². The average molecular weight is 325 g/mol. The molecule has 2 heterocycles. The van der Waals surface area contributed by atoms with E-state index in [0.717, 1.165) is 16.6 Å². The lowest BCUT2D eigenvalue weighted by atomic mass is 9.78. The van der Waals surface area contributed by atoms with Crippen LogP contribution in [0.3, 0.4) is 0 Å². The monoisotopic (exact) mass is 324 g/mol. The van der Waals surface area contributed by atoms with Gasteiger partial charge in [-0.15, -0.1) is 0 Å². The van der Waals surface area contributed by atoms with Gasteiger partial charge >= 0.3 is 0 Å². The number of halogens is 1. The molecule has 1 aromatic heterocycles. The molecule has 0 radical (unpaired) electrons. The number of imide groups is 1. The number of piperidine rings is 1. The molecule has 0 saturated carbocycles. The van der Waals surface area contributed by atoms with Crippen LogP contribution in [0.2, 0.25) is 0 Å². The number of nitrogens with zero attached hydrogens (tertiary/aromatic N) is 1. The fraction of sp³-hybridized carbons (Fsp3) is 0.500. The third-order valence-corrected chi connectivity index (χ3v) is 3.81. The molecule has 1 aliphatic rings. The number of carbonyl (C=O) groups is 2. The number of aromatic nitrogens is 1. The van der Waals surface area contributed by atoms with E-state index in [0.29, 0.717) is 12.3 Å². The van der Waals surface area contributed by atoms with Crippen molar-refractivity contribution >= 4 is 27.7 Å². The second-order valence-corrected chi connectivity index (χ2v) is 6.28. The van der Waals surface area contributed by atoms with Crippen LogP contribution in [-0.2, 0) is 9.59 Å². The summed E-state index contributed by atoms with van der Waals surface area (Å²) >= 11 is 3.34. The standard InChI is InChI=1S/C14H17BrN2O2/c1-8(2)5-11-10(6-13(18)17-14(11)19)12-4-3-9(15)7-16-12/h3-4,7-8,10-11H,5-6H2,1-2H3,(H,17,18,19). The second-order valence-electron chi connectivity index (χ2n) is 5.36. The molecule has 2 unspecified atom stereocenters. The van der Waals surface area contributed by atoms with Crippen LogP contribution in [0.4, 0.5) is 0 Å². The van der Waals surface area contributed by atoms with E-state index in [2.05, 4.69) is 40.1 Å². The molecular weight excluding hydrogens is 308 g/mol. The molecule has 1 aliphatic heterocycles. The summed E-state index contributed by atoms with van der Waals surface area (Å²) in [4.78, 5) is 28.0. The van der Waals surface area contributed by atoms with Crippen LogP contribution in [0, 0.1) is 11.8 Å². The van der Waals surface area contributed by atoms with Gasteiger partial charge in [-0.05, 0) is 40.4 Å². The molecule has 102 valence electrons. The highest BCUT2D eigenvalue weighted by Crippen LogP contribution is 2.34. The minimum atomic E-state index is -0.209. The molecule has 0 bridgehead atoms. The summed E-state index contributed by atoms with van der Waals surface area (Å²) < 4.78 is 0.892. The fourth-order valence-corrected chi connectivity index (χ4v) is 2.74. The number of hydrogen-bond donors (Lipinski definition) is 1. The van der Waals surface area contributed by atoms with E-state index in [-0.39, 0.29) is 23.7 Å². The zero-order valence-electron chi connectivity index (χ0n) is 11.0. The van der Waals surface area contributed by atoms with Gasteiger partial charge in [-0.3, -0.25) is 19.9 Å². The normalized spacial score (nSPS) is 23.6. The van der Waals surface area contributed by atoms with E-state index in [1.807, 2.05) is 12.1 Å². The quantitative estimate of drug-likeness (QED) is 0.869. The lowest BCUT2D eigenvalue weighted by molar-refractivity contribution is -0.137. The lowest BCUT2D eigenvalue weighted by Crippen LogP contribution is -2.45. The summed E-state index contributed by atoms with van der Waals surface area (Å²) in [5.74, 6) is -0.260. The van der Waals surface area contributed by atoms with Crippen molar-refractivity contribution < 1.29 is 9.59 Å². The highest BCUT2D eigenvalue weighted by atomic mass is 79.9. The molecular formula is C14H17BrN2O2. The first-order chi connectivity index (χ1) is 8.97. The largest absolute Gasteiger partial charge is 0.296 e. The van der Waals surface area contributed by atoms with Gasteiger partial charge in [-0.2, -0.15) is 0 Å². The van der Waals surface area contributed by atoms with Crippen LogP contribution in [-0.4, -0.2) is 16.8 Å². The van der Waals surface area contributed by atoms with Gasteiger partial charge in [0.2, 0.25) is 11.8 Å². The van der Waals surface area contributed by atoms with Crippen LogP contribution in [0.15, 0.2) is 22.8 Å². The first-order valence-electron chi connectivity index (χ1n) is 6.42. The molecule has 0 aromatic carbocycles. The maximum Gasteiger partial charge on any atom is 0.230 e. The second kappa shape index (κ2) is 5.82. The SMILES string of the molecule is CC(C)CC1C(=O)NC(=O)CC1c1ccc(Br)cn1. The Morgan fingerprint density at radius 3 is 2.74 bits per heavy atom. The van der Waals surface area contributed by atoms with Gasteiger partial charge in [0.15, 0.2) is 0 Å². The third kappa shape index (κ3) is 3.41. The number of pyridine rings is 1. The molecule has 0 spiro atoms. The minimum absolute atomic E-state index is 0.114. The summed E-state index contributed by atoms with van der Waals surface area (Å²) in [5, 5.41) is 2.43. The molecule has 1 N–H and O–H groups in total. The van der Waals surface area contributed by atoms with E-state index in [4.69, 9.17) is 0 Å². The highest BCUT2D eigenvalue weighted by Gasteiger charge is 2.37. The van der Waals surface area contributed by atoms with Gasteiger partial charge in [-0.1, -0.05) is 13.8 Å². The highest BCUT2D eigenvalue weighted by molar-refractivity contribution is 9.10. The zero-order valence-corrected chi connectivity index (χ0v) is 12.6. The van der Waals surface area contributed by atoms with Crippen molar-refractivity contribution in [3.05, 3.63) is 28.5 Å².